The predicted octanol–water partition coefficient (Wildman–Crippen LogP) is 5.59. The van der Waals surface area contributed by atoms with Crippen molar-refractivity contribution in [2.24, 2.45) is 0 Å². The van der Waals surface area contributed by atoms with Crippen LogP contribution in [0.4, 0.5) is 8.78 Å². The average Bonchev–Trinajstić information content (AvgIpc) is 3.48. The van der Waals surface area contributed by atoms with Gasteiger partial charge < -0.3 is 9.47 Å². The first-order valence-corrected chi connectivity index (χ1v) is 11.5. The number of hydrogen-bond donors (Lipinski definition) is 0. The van der Waals surface area contributed by atoms with Crippen LogP contribution in [0.25, 0.3) is 0 Å². The van der Waals surface area contributed by atoms with Gasteiger partial charge in [0, 0.05) is 5.41 Å². The van der Waals surface area contributed by atoms with E-state index in [9.17, 15) is 8.78 Å². The molecule has 33 heavy (non-hydrogen) atoms. The van der Waals surface area contributed by atoms with Gasteiger partial charge in [0.15, 0.2) is 0 Å². The highest BCUT2D eigenvalue weighted by molar-refractivity contribution is 5.31. The van der Waals surface area contributed by atoms with Crippen molar-refractivity contribution in [2.75, 3.05) is 13.2 Å². The summed E-state index contributed by atoms with van der Waals surface area (Å²) in [6.07, 6.45) is 5.26. The molecule has 174 valence electrons. The van der Waals surface area contributed by atoms with Crippen LogP contribution in [0, 0.1) is 0 Å². The minimum absolute atomic E-state index is 0.103. The molecule has 1 aliphatic heterocycles. The van der Waals surface area contributed by atoms with E-state index in [1.807, 2.05) is 13.0 Å². The Hall–Kier alpha value is -2.80. The maximum absolute atomic E-state index is 13.3. The van der Waals surface area contributed by atoms with Crippen molar-refractivity contribution in [3.63, 3.8) is 0 Å². The van der Waals surface area contributed by atoms with Gasteiger partial charge in [0.1, 0.15) is 26.3 Å². The Morgan fingerprint density at radius 3 is 2.39 bits per heavy atom. The number of alkyl halides is 2. The zero-order chi connectivity index (χ0) is 22.9. The fourth-order valence-electron chi connectivity index (χ4n) is 5.36. The summed E-state index contributed by atoms with van der Waals surface area (Å²) in [5.74, 6) is 0. The molecule has 2 aliphatic rings. The number of hydrogen-bond acceptors (Lipinski definition) is 4. The highest BCUT2D eigenvalue weighted by Gasteiger charge is 2.49. The molecule has 1 aliphatic carbocycles. The van der Waals surface area contributed by atoms with Gasteiger partial charge in [-0.1, -0.05) is 53.6 Å². The summed E-state index contributed by atoms with van der Waals surface area (Å²) >= 11 is 0. The highest BCUT2D eigenvalue weighted by Crippen LogP contribution is 2.49. The zero-order valence-corrected chi connectivity index (χ0v) is 18.8. The van der Waals surface area contributed by atoms with Crippen LogP contribution >= 0.6 is 0 Å². The Balaban J connectivity index is 1.37. The molecule has 1 aromatic heterocycles. The largest absolute Gasteiger partial charge is 0.461 e. The number of halogens is 2. The van der Waals surface area contributed by atoms with Crippen LogP contribution in [0.3, 0.4) is 0 Å². The molecule has 5 rings (SSSR count). The van der Waals surface area contributed by atoms with E-state index in [0.717, 1.165) is 31.2 Å². The minimum Gasteiger partial charge on any atom is -0.461 e. The van der Waals surface area contributed by atoms with Gasteiger partial charge in [-0.05, 0) is 54.9 Å². The molecule has 0 unspecified atom stereocenters. The number of aromatic nitrogens is 3. The molecule has 2 heterocycles. The Morgan fingerprint density at radius 1 is 1.03 bits per heavy atom. The lowest BCUT2D eigenvalue weighted by atomic mass is 9.64. The third kappa shape index (κ3) is 4.03. The van der Waals surface area contributed by atoms with Crippen molar-refractivity contribution in [1.82, 2.24) is 14.8 Å². The van der Waals surface area contributed by atoms with Gasteiger partial charge in [0.05, 0.1) is 18.2 Å². The summed E-state index contributed by atoms with van der Waals surface area (Å²) in [6.45, 7) is 1.89. The molecule has 1 fully saturated rings. The number of rotatable bonds is 7. The van der Waals surface area contributed by atoms with Crippen molar-refractivity contribution >= 4 is 0 Å². The molecule has 1 saturated carbocycles. The first kappa shape index (κ1) is 22.0. The Labute approximate surface area is 192 Å². The molecular weight excluding hydrogens is 424 g/mol. The van der Waals surface area contributed by atoms with E-state index >= 15 is 0 Å². The van der Waals surface area contributed by atoms with E-state index in [-0.39, 0.29) is 17.1 Å². The van der Waals surface area contributed by atoms with Gasteiger partial charge in [0.2, 0.25) is 0 Å². The SMILES string of the molecule is C[C@@H](OC[C@]1(c2ccccc2)CC[C@@]2(CC1)COc1nncn12)c1cc(CF)cc(CF)c1. The van der Waals surface area contributed by atoms with Gasteiger partial charge in [0.25, 0.3) is 0 Å². The molecule has 1 atom stereocenters. The molecule has 0 N–H and O–H groups in total. The van der Waals surface area contributed by atoms with Gasteiger partial charge in [-0.3, -0.25) is 4.57 Å². The molecule has 2 aromatic carbocycles. The molecule has 0 amide bonds. The lowest BCUT2D eigenvalue weighted by Crippen LogP contribution is -2.45. The predicted molar refractivity (Wildman–Crippen MR) is 121 cm³/mol. The lowest BCUT2D eigenvalue weighted by molar-refractivity contribution is -0.00156. The third-order valence-electron chi connectivity index (χ3n) is 7.48. The molecule has 5 nitrogen and oxygen atoms in total. The second-order valence-electron chi connectivity index (χ2n) is 9.45. The topological polar surface area (TPSA) is 49.2 Å². The molecule has 0 radical (unpaired) electrons. The Bertz CT molecular complexity index is 1070. The second-order valence-corrected chi connectivity index (χ2v) is 9.45. The molecule has 1 spiro atoms. The molecular formula is C26H29F2N3O2. The lowest BCUT2D eigenvalue weighted by Gasteiger charge is -2.45. The minimum atomic E-state index is -0.614. The van der Waals surface area contributed by atoms with Gasteiger partial charge in [-0.2, -0.15) is 0 Å². The Kier molecular flexibility index (Phi) is 5.91. The summed E-state index contributed by atoms with van der Waals surface area (Å²) in [6, 6.07) is 16.2. The molecule has 3 aromatic rings. The van der Waals surface area contributed by atoms with Crippen LogP contribution < -0.4 is 4.74 Å². The van der Waals surface area contributed by atoms with E-state index in [0.29, 0.717) is 30.4 Å². The van der Waals surface area contributed by atoms with Crippen LogP contribution in [0.1, 0.15) is 61.0 Å². The first-order chi connectivity index (χ1) is 16.1. The van der Waals surface area contributed by atoms with E-state index in [4.69, 9.17) is 9.47 Å². The number of benzene rings is 2. The fraction of sp³-hybridized carbons (Fsp3) is 0.462. The van der Waals surface area contributed by atoms with Crippen LogP contribution in [0.15, 0.2) is 54.9 Å². The number of nitrogens with zero attached hydrogens (tertiary/aromatic N) is 3. The van der Waals surface area contributed by atoms with Crippen molar-refractivity contribution in [2.45, 2.75) is 63.0 Å². The summed E-state index contributed by atoms with van der Waals surface area (Å²) in [5, 5.41) is 8.09. The summed E-state index contributed by atoms with van der Waals surface area (Å²) in [7, 11) is 0. The summed E-state index contributed by atoms with van der Waals surface area (Å²) < 4.78 is 40.9. The van der Waals surface area contributed by atoms with Gasteiger partial charge in [-0.15, -0.1) is 5.10 Å². The van der Waals surface area contributed by atoms with Crippen molar-refractivity contribution in [1.29, 1.82) is 0 Å². The van der Waals surface area contributed by atoms with E-state index < -0.39 is 13.3 Å². The maximum atomic E-state index is 13.3. The highest BCUT2D eigenvalue weighted by atomic mass is 19.1. The average molecular weight is 454 g/mol. The monoisotopic (exact) mass is 453 g/mol. The quantitative estimate of drug-likeness (QED) is 0.468. The van der Waals surface area contributed by atoms with Crippen molar-refractivity contribution in [3.05, 3.63) is 77.1 Å². The number of ether oxygens (including phenoxy) is 2. The van der Waals surface area contributed by atoms with Crippen molar-refractivity contribution < 1.29 is 18.3 Å². The molecule has 0 saturated heterocycles. The summed E-state index contributed by atoms with van der Waals surface area (Å²) in [5.41, 5.74) is 2.80. The van der Waals surface area contributed by atoms with Crippen LogP contribution in [0.5, 0.6) is 6.01 Å². The van der Waals surface area contributed by atoms with Gasteiger partial charge in [-0.25, -0.2) is 8.78 Å². The Morgan fingerprint density at radius 2 is 1.73 bits per heavy atom. The number of fused-ring (bicyclic) bond motifs is 2. The smallest absolute Gasteiger partial charge is 0.317 e. The zero-order valence-electron chi connectivity index (χ0n) is 18.8. The summed E-state index contributed by atoms with van der Waals surface area (Å²) in [4.78, 5) is 0. The first-order valence-electron chi connectivity index (χ1n) is 11.5. The van der Waals surface area contributed by atoms with E-state index in [2.05, 4.69) is 39.0 Å². The van der Waals surface area contributed by atoms with Crippen LogP contribution in [-0.4, -0.2) is 28.0 Å². The van der Waals surface area contributed by atoms with Gasteiger partial charge >= 0.3 is 6.01 Å². The normalized spacial score (nSPS) is 25.1. The third-order valence-corrected chi connectivity index (χ3v) is 7.48. The molecule has 0 bridgehead atoms. The van der Waals surface area contributed by atoms with Crippen LogP contribution in [0.2, 0.25) is 0 Å². The van der Waals surface area contributed by atoms with Crippen LogP contribution in [-0.2, 0) is 29.0 Å². The second kappa shape index (κ2) is 8.86. The molecule has 7 heteroatoms. The fourth-order valence-corrected chi connectivity index (χ4v) is 5.36. The van der Waals surface area contributed by atoms with Crippen molar-refractivity contribution in [3.8, 4) is 6.01 Å². The standard InChI is InChI=1S/C26H29F2N3O2/c1-19(22-12-20(14-27)11-21(13-22)15-28)32-16-25(23-5-3-2-4-6-23)7-9-26(10-8-25)17-33-24-30-29-18-31(24)26/h2-6,11-13,18-19H,7-10,14-17H2,1H3/t19-,25-,26+/m1/s1. The van der Waals surface area contributed by atoms with E-state index in [1.54, 1.807) is 24.5 Å². The maximum Gasteiger partial charge on any atom is 0.317 e. The van der Waals surface area contributed by atoms with E-state index in [1.165, 1.54) is 5.56 Å².